The van der Waals surface area contributed by atoms with Gasteiger partial charge in [0.15, 0.2) is 17.5 Å². The molecule has 0 atom stereocenters. The number of pyridine rings is 1. The van der Waals surface area contributed by atoms with Crippen molar-refractivity contribution in [2.45, 2.75) is 19.9 Å². The Labute approximate surface area is 176 Å². The van der Waals surface area contributed by atoms with E-state index in [0.29, 0.717) is 19.2 Å². The van der Waals surface area contributed by atoms with E-state index in [1.54, 1.807) is 13.3 Å². The van der Waals surface area contributed by atoms with E-state index in [9.17, 15) is 0 Å². The summed E-state index contributed by atoms with van der Waals surface area (Å²) in [6, 6.07) is 9.87. The number of hydrogen-bond donors (Lipinski definition) is 2. The number of guanidine groups is 1. The van der Waals surface area contributed by atoms with Gasteiger partial charge in [-0.2, -0.15) is 0 Å². The lowest BCUT2D eigenvalue weighted by atomic mass is 10.1. The second-order valence-electron chi connectivity index (χ2n) is 5.73. The van der Waals surface area contributed by atoms with Crippen LogP contribution in [0.1, 0.15) is 18.1 Å². The maximum Gasteiger partial charge on any atom is 0.231 e. The van der Waals surface area contributed by atoms with Crippen molar-refractivity contribution in [1.29, 1.82) is 0 Å². The predicted molar refractivity (Wildman–Crippen MR) is 115 cm³/mol. The lowest BCUT2D eigenvalue weighted by molar-refractivity contribution is 0.174. The molecule has 1 aliphatic rings. The summed E-state index contributed by atoms with van der Waals surface area (Å²) < 4.78 is 16.0. The Morgan fingerprint density at radius 3 is 2.89 bits per heavy atom. The number of aliphatic imine (C=N–C) groups is 1. The number of halogens is 1. The number of methoxy groups -OCH3 is 1. The predicted octanol–water partition coefficient (Wildman–Crippen LogP) is 2.73. The van der Waals surface area contributed by atoms with E-state index < -0.39 is 0 Å². The number of nitrogens with zero attached hydrogens (tertiary/aromatic N) is 2. The molecule has 1 aromatic heterocycles. The molecular weight excluding hydrogens is 459 g/mol. The van der Waals surface area contributed by atoms with Crippen LogP contribution in [0.5, 0.6) is 17.4 Å². The van der Waals surface area contributed by atoms with Gasteiger partial charge >= 0.3 is 0 Å². The van der Waals surface area contributed by atoms with Crippen molar-refractivity contribution in [2.75, 3.05) is 27.0 Å². The van der Waals surface area contributed by atoms with Crippen molar-refractivity contribution in [3.05, 3.63) is 47.7 Å². The summed E-state index contributed by atoms with van der Waals surface area (Å²) in [5, 5.41) is 6.60. The van der Waals surface area contributed by atoms with Crippen molar-refractivity contribution in [3.8, 4) is 17.4 Å². The van der Waals surface area contributed by atoms with Gasteiger partial charge in [0.05, 0.1) is 13.7 Å². The first-order valence-electron chi connectivity index (χ1n) is 8.68. The first kappa shape index (κ1) is 21.1. The van der Waals surface area contributed by atoms with Crippen LogP contribution in [0.4, 0.5) is 0 Å². The van der Waals surface area contributed by atoms with Crippen LogP contribution in [0.2, 0.25) is 0 Å². The van der Waals surface area contributed by atoms with E-state index in [1.807, 2.05) is 31.2 Å². The molecule has 0 unspecified atom stereocenters. The van der Waals surface area contributed by atoms with Crippen LogP contribution >= 0.6 is 24.0 Å². The Morgan fingerprint density at radius 2 is 2.07 bits per heavy atom. The van der Waals surface area contributed by atoms with Crippen LogP contribution in [0.25, 0.3) is 0 Å². The van der Waals surface area contributed by atoms with Gasteiger partial charge in [0.1, 0.15) is 0 Å². The zero-order valence-corrected chi connectivity index (χ0v) is 17.9. The molecule has 0 aliphatic carbocycles. The topological polar surface area (TPSA) is 77.0 Å². The van der Waals surface area contributed by atoms with Crippen LogP contribution in [0.15, 0.2) is 41.5 Å². The Balaban J connectivity index is 0.00000261. The molecule has 0 bridgehead atoms. The highest BCUT2D eigenvalue weighted by atomic mass is 127. The normalized spacial score (nSPS) is 12.3. The zero-order chi connectivity index (χ0) is 18.2. The molecule has 7 nitrogen and oxygen atoms in total. The highest BCUT2D eigenvalue weighted by Crippen LogP contribution is 2.32. The SMILES string of the molecule is CCNC(=NCc1cccnc1OC)NCCc1ccc2c(c1)OCO2.I. The average molecular weight is 484 g/mol. The number of aromatic nitrogens is 1. The number of benzene rings is 1. The van der Waals surface area contributed by atoms with Gasteiger partial charge in [-0.05, 0) is 37.1 Å². The summed E-state index contributed by atoms with van der Waals surface area (Å²) in [6.07, 6.45) is 2.57. The van der Waals surface area contributed by atoms with Gasteiger partial charge in [-0.15, -0.1) is 24.0 Å². The third kappa shape index (κ3) is 5.88. The molecule has 0 spiro atoms. The Hall–Kier alpha value is -2.23. The van der Waals surface area contributed by atoms with Crippen LogP contribution in [-0.2, 0) is 13.0 Å². The van der Waals surface area contributed by atoms with Gasteiger partial charge in [-0.3, -0.25) is 0 Å². The quantitative estimate of drug-likeness (QED) is 0.358. The standard InChI is InChI=1S/C19H24N4O3.HI/c1-3-20-19(23-12-15-5-4-9-21-18(15)24-2)22-10-8-14-6-7-16-17(11-14)26-13-25-16;/h4-7,9,11H,3,8,10,12-13H2,1-2H3,(H2,20,22,23);1H. The maximum atomic E-state index is 5.42. The van der Waals surface area contributed by atoms with Crippen molar-refractivity contribution in [3.63, 3.8) is 0 Å². The van der Waals surface area contributed by atoms with Crippen LogP contribution in [-0.4, -0.2) is 37.9 Å². The maximum absolute atomic E-state index is 5.42. The van der Waals surface area contributed by atoms with Gasteiger partial charge in [-0.1, -0.05) is 12.1 Å². The molecule has 0 saturated carbocycles. The number of hydrogen-bond acceptors (Lipinski definition) is 5. The van der Waals surface area contributed by atoms with Gasteiger partial charge in [-0.25, -0.2) is 9.98 Å². The molecule has 0 saturated heterocycles. The minimum absolute atomic E-state index is 0. The highest BCUT2D eigenvalue weighted by molar-refractivity contribution is 14.0. The fraction of sp³-hybridized carbons (Fsp3) is 0.368. The molecule has 8 heteroatoms. The van der Waals surface area contributed by atoms with Crippen molar-refractivity contribution in [2.24, 2.45) is 4.99 Å². The lowest BCUT2D eigenvalue weighted by Crippen LogP contribution is -2.38. The molecule has 2 aromatic rings. The zero-order valence-electron chi connectivity index (χ0n) is 15.5. The Morgan fingerprint density at radius 1 is 1.22 bits per heavy atom. The fourth-order valence-corrected chi connectivity index (χ4v) is 2.66. The Bertz CT molecular complexity index is 770. The van der Waals surface area contributed by atoms with Crippen molar-refractivity contribution in [1.82, 2.24) is 15.6 Å². The van der Waals surface area contributed by atoms with E-state index in [0.717, 1.165) is 42.5 Å². The van der Waals surface area contributed by atoms with E-state index >= 15 is 0 Å². The fourth-order valence-electron chi connectivity index (χ4n) is 2.66. The summed E-state index contributed by atoms with van der Waals surface area (Å²) in [4.78, 5) is 8.81. The van der Waals surface area contributed by atoms with Crippen LogP contribution in [0.3, 0.4) is 0 Å². The molecular formula is C19H25IN4O3. The summed E-state index contributed by atoms with van der Waals surface area (Å²) in [5.41, 5.74) is 2.13. The molecule has 0 amide bonds. The molecule has 2 N–H and O–H groups in total. The van der Waals surface area contributed by atoms with E-state index in [4.69, 9.17) is 14.2 Å². The lowest BCUT2D eigenvalue weighted by Gasteiger charge is -2.12. The van der Waals surface area contributed by atoms with Gasteiger partial charge < -0.3 is 24.8 Å². The smallest absolute Gasteiger partial charge is 0.231 e. The Kier molecular flexibility index (Phi) is 8.43. The van der Waals surface area contributed by atoms with Crippen molar-refractivity contribution < 1.29 is 14.2 Å². The molecule has 2 heterocycles. The summed E-state index contributed by atoms with van der Waals surface area (Å²) in [7, 11) is 1.62. The number of fused-ring (bicyclic) bond motifs is 1. The molecule has 0 radical (unpaired) electrons. The third-order valence-corrected chi connectivity index (χ3v) is 3.94. The summed E-state index contributed by atoms with van der Waals surface area (Å²) in [6.45, 7) is 4.39. The molecule has 27 heavy (non-hydrogen) atoms. The van der Waals surface area contributed by atoms with Crippen LogP contribution < -0.4 is 24.8 Å². The molecule has 3 rings (SSSR count). The first-order chi connectivity index (χ1) is 12.8. The van der Waals surface area contributed by atoms with Crippen molar-refractivity contribution >= 4 is 29.9 Å². The summed E-state index contributed by atoms with van der Waals surface area (Å²) >= 11 is 0. The third-order valence-electron chi connectivity index (χ3n) is 3.94. The molecule has 1 aromatic carbocycles. The minimum atomic E-state index is 0. The molecule has 146 valence electrons. The second-order valence-corrected chi connectivity index (χ2v) is 5.73. The van der Waals surface area contributed by atoms with Gasteiger partial charge in [0.25, 0.3) is 0 Å². The van der Waals surface area contributed by atoms with E-state index in [2.05, 4.69) is 26.7 Å². The van der Waals surface area contributed by atoms with Crippen LogP contribution in [0, 0.1) is 0 Å². The highest BCUT2D eigenvalue weighted by Gasteiger charge is 2.13. The van der Waals surface area contributed by atoms with E-state index in [-0.39, 0.29) is 24.0 Å². The van der Waals surface area contributed by atoms with Gasteiger partial charge in [0, 0.05) is 24.8 Å². The number of rotatable bonds is 7. The average Bonchev–Trinajstić information content (AvgIpc) is 3.14. The first-order valence-corrected chi connectivity index (χ1v) is 8.68. The van der Waals surface area contributed by atoms with Gasteiger partial charge in [0.2, 0.25) is 12.7 Å². The number of ether oxygens (including phenoxy) is 3. The molecule has 1 aliphatic heterocycles. The molecule has 0 fully saturated rings. The van der Waals surface area contributed by atoms with E-state index in [1.165, 1.54) is 5.56 Å². The summed E-state index contributed by atoms with van der Waals surface area (Å²) in [5.74, 6) is 2.99. The monoisotopic (exact) mass is 484 g/mol. The largest absolute Gasteiger partial charge is 0.481 e. The number of nitrogens with one attached hydrogen (secondary N) is 2. The minimum Gasteiger partial charge on any atom is -0.481 e. The second kappa shape index (κ2) is 10.8.